The van der Waals surface area contributed by atoms with Gasteiger partial charge in [0.15, 0.2) is 0 Å². The maximum atomic E-state index is 12.1. The monoisotopic (exact) mass is 420 g/mol. The fourth-order valence-corrected chi connectivity index (χ4v) is 2.94. The van der Waals surface area contributed by atoms with Gasteiger partial charge in [0.1, 0.15) is 18.0 Å². The predicted molar refractivity (Wildman–Crippen MR) is 121 cm³/mol. The number of esters is 1. The number of aromatic nitrogens is 1. The van der Waals surface area contributed by atoms with Gasteiger partial charge in [0.05, 0.1) is 17.3 Å². The zero-order valence-corrected chi connectivity index (χ0v) is 18.6. The number of hydrogen-bond donors (Lipinski definition) is 0. The summed E-state index contributed by atoms with van der Waals surface area (Å²) in [5, 5.41) is 4.11. The van der Waals surface area contributed by atoms with E-state index in [1.165, 1.54) is 0 Å². The van der Waals surface area contributed by atoms with E-state index >= 15 is 0 Å². The van der Waals surface area contributed by atoms with Crippen molar-refractivity contribution in [2.75, 3.05) is 0 Å². The molecule has 0 fully saturated rings. The number of ether oxygens (including phenoxy) is 2. The number of carbonyl (C=O) groups excluding carboxylic acids is 1. The maximum absolute atomic E-state index is 12.1. The Morgan fingerprint density at radius 1 is 1.06 bits per heavy atom. The van der Waals surface area contributed by atoms with Crippen LogP contribution in [0, 0.1) is 6.92 Å². The first-order valence-electron chi connectivity index (χ1n) is 10.1. The molecule has 6 heteroatoms. The first kappa shape index (κ1) is 22.2. The molecule has 0 saturated carbocycles. The number of para-hydroxylation sites is 1. The minimum atomic E-state index is -0.522. The molecule has 0 amide bonds. The highest BCUT2D eigenvalue weighted by molar-refractivity contribution is 5.89. The molecule has 0 atom stereocenters. The first-order valence-corrected chi connectivity index (χ1v) is 10.1. The fourth-order valence-electron chi connectivity index (χ4n) is 2.94. The largest absolute Gasteiger partial charge is 0.456 e. The molecule has 6 nitrogen and oxygen atoms in total. The van der Waals surface area contributed by atoms with Gasteiger partial charge in [-0.1, -0.05) is 35.5 Å². The first-order chi connectivity index (χ1) is 14.7. The summed E-state index contributed by atoms with van der Waals surface area (Å²) in [5.41, 5.74) is 2.76. The Morgan fingerprint density at radius 2 is 1.74 bits per heavy atom. The van der Waals surface area contributed by atoms with Crippen LogP contribution in [0.25, 0.3) is 0 Å². The van der Waals surface area contributed by atoms with Gasteiger partial charge >= 0.3 is 5.97 Å². The second kappa shape index (κ2) is 9.51. The van der Waals surface area contributed by atoms with Crippen molar-refractivity contribution in [3.05, 3.63) is 83.0 Å². The van der Waals surface area contributed by atoms with Crippen molar-refractivity contribution in [2.24, 2.45) is 12.2 Å². The van der Waals surface area contributed by atoms with Gasteiger partial charge in [-0.05, 0) is 63.1 Å². The summed E-state index contributed by atoms with van der Waals surface area (Å²) in [6.07, 6.45) is 3.64. The van der Waals surface area contributed by atoms with Gasteiger partial charge in [0.25, 0.3) is 0 Å². The van der Waals surface area contributed by atoms with E-state index < -0.39 is 5.60 Å². The highest BCUT2D eigenvalue weighted by Gasteiger charge is 2.17. The van der Waals surface area contributed by atoms with Gasteiger partial charge in [-0.2, -0.15) is 0 Å². The Labute approximate surface area is 183 Å². The summed E-state index contributed by atoms with van der Waals surface area (Å²) in [6.45, 7) is 7.81. The molecule has 0 saturated heterocycles. The topological polar surface area (TPSA) is 62.0 Å². The Hall–Kier alpha value is -3.54. The third kappa shape index (κ3) is 6.22. The summed E-state index contributed by atoms with van der Waals surface area (Å²) >= 11 is 0. The molecule has 0 radical (unpaired) electrons. The van der Waals surface area contributed by atoms with Gasteiger partial charge in [-0.15, -0.1) is 0 Å². The van der Waals surface area contributed by atoms with Crippen LogP contribution in [0.15, 0.2) is 65.9 Å². The third-order valence-electron chi connectivity index (χ3n) is 4.40. The van der Waals surface area contributed by atoms with E-state index in [9.17, 15) is 4.79 Å². The molecule has 0 N–H and O–H groups in total. The van der Waals surface area contributed by atoms with Crippen molar-refractivity contribution < 1.29 is 19.1 Å². The number of aryl methyl sites for hydroxylation is 2. The zero-order valence-electron chi connectivity index (χ0n) is 18.6. The van der Waals surface area contributed by atoms with Crippen LogP contribution in [0.5, 0.6) is 11.6 Å². The molecule has 0 bridgehead atoms. The minimum Gasteiger partial charge on any atom is -0.456 e. The third-order valence-corrected chi connectivity index (χ3v) is 4.40. The Kier molecular flexibility index (Phi) is 6.80. The van der Waals surface area contributed by atoms with Gasteiger partial charge < -0.3 is 18.9 Å². The summed E-state index contributed by atoms with van der Waals surface area (Å²) < 4.78 is 13.3. The van der Waals surface area contributed by atoms with Gasteiger partial charge in [-0.25, -0.2) is 4.79 Å². The van der Waals surface area contributed by atoms with Crippen LogP contribution < -0.4 is 4.74 Å². The molecule has 3 aromatic rings. The number of nitrogens with zero attached hydrogens (tertiary/aromatic N) is 2. The summed E-state index contributed by atoms with van der Waals surface area (Å²) in [6, 6.07) is 16.7. The Balaban J connectivity index is 1.61. The highest BCUT2D eigenvalue weighted by atomic mass is 16.6. The molecular formula is C25H28N2O4. The van der Waals surface area contributed by atoms with E-state index in [1.807, 2.05) is 88.0 Å². The standard InChI is InChI=1S/C25H28N2O4/c1-18-16-27(5)23(30-21-9-7-6-8-10-21)22(18)15-26-29-17-19-11-13-20(14-12-19)24(28)31-25(2,3)4/h6-16H,17H2,1-5H3. The number of oxime groups is 1. The van der Waals surface area contributed by atoms with E-state index in [4.69, 9.17) is 14.3 Å². The van der Waals surface area contributed by atoms with Gasteiger partial charge in [-0.3, -0.25) is 0 Å². The molecule has 162 valence electrons. The molecule has 0 aliphatic rings. The number of rotatable bonds is 7. The van der Waals surface area contributed by atoms with E-state index in [2.05, 4.69) is 5.16 Å². The molecule has 0 unspecified atom stereocenters. The van der Waals surface area contributed by atoms with Crippen LogP contribution in [-0.4, -0.2) is 22.4 Å². The van der Waals surface area contributed by atoms with Gasteiger partial charge in [0.2, 0.25) is 5.88 Å². The lowest BCUT2D eigenvalue weighted by Gasteiger charge is -2.19. The maximum Gasteiger partial charge on any atom is 0.338 e. The molecule has 1 heterocycles. The number of benzene rings is 2. The predicted octanol–water partition coefficient (Wildman–Crippen LogP) is 5.63. The van der Waals surface area contributed by atoms with Crippen LogP contribution >= 0.6 is 0 Å². The minimum absolute atomic E-state index is 0.284. The quantitative estimate of drug-likeness (QED) is 0.282. The highest BCUT2D eigenvalue weighted by Crippen LogP contribution is 2.27. The molecule has 3 rings (SSSR count). The van der Waals surface area contributed by atoms with Crippen LogP contribution in [-0.2, 0) is 23.2 Å². The lowest BCUT2D eigenvalue weighted by atomic mass is 10.1. The van der Waals surface area contributed by atoms with Crippen molar-refractivity contribution >= 4 is 12.2 Å². The van der Waals surface area contributed by atoms with Crippen LogP contribution in [0.3, 0.4) is 0 Å². The second-order valence-corrected chi connectivity index (χ2v) is 8.26. The van der Waals surface area contributed by atoms with Crippen LogP contribution in [0.2, 0.25) is 0 Å². The van der Waals surface area contributed by atoms with Crippen LogP contribution in [0.1, 0.15) is 47.8 Å². The summed E-state index contributed by atoms with van der Waals surface area (Å²) in [4.78, 5) is 17.6. The molecule has 2 aromatic carbocycles. The molecule has 0 spiro atoms. The second-order valence-electron chi connectivity index (χ2n) is 8.26. The Morgan fingerprint density at radius 3 is 2.39 bits per heavy atom. The molecule has 1 aromatic heterocycles. The lowest BCUT2D eigenvalue weighted by Crippen LogP contribution is -2.23. The summed E-state index contributed by atoms with van der Waals surface area (Å²) in [5.74, 6) is 1.10. The number of carbonyl (C=O) groups is 1. The van der Waals surface area contributed by atoms with E-state index in [-0.39, 0.29) is 12.6 Å². The lowest BCUT2D eigenvalue weighted by molar-refractivity contribution is 0.00694. The molecule has 31 heavy (non-hydrogen) atoms. The van der Waals surface area contributed by atoms with Crippen molar-refractivity contribution in [3.63, 3.8) is 0 Å². The van der Waals surface area contributed by atoms with E-state index in [1.54, 1.807) is 18.3 Å². The number of hydrogen-bond acceptors (Lipinski definition) is 5. The Bertz CT molecular complexity index is 1050. The average molecular weight is 421 g/mol. The molecule has 0 aliphatic heterocycles. The average Bonchev–Trinajstić information content (AvgIpc) is 2.98. The normalized spacial score (nSPS) is 11.5. The van der Waals surface area contributed by atoms with Crippen molar-refractivity contribution in [1.29, 1.82) is 0 Å². The van der Waals surface area contributed by atoms with Crippen molar-refractivity contribution in [3.8, 4) is 11.6 Å². The van der Waals surface area contributed by atoms with Gasteiger partial charge in [0, 0.05) is 13.2 Å². The van der Waals surface area contributed by atoms with E-state index in [0.717, 1.165) is 22.4 Å². The van der Waals surface area contributed by atoms with Crippen LogP contribution in [0.4, 0.5) is 0 Å². The fraction of sp³-hybridized carbons (Fsp3) is 0.280. The van der Waals surface area contributed by atoms with Crippen molar-refractivity contribution in [1.82, 2.24) is 4.57 Å². The van der Waals surface area contributed by atoms with E-state index in [0.29, 0.717) is 11.4 Å². The summed E-state index contributed by atoms with van der Waals surface area (Å²) in [7, 11) is 1.93. The van der Waals surface area contributed by atoms with Crippen molar-refractivity contribution in [2.45, 2.75) is 39.9 Å². The smallest absolute Gasteiger partial charge is 0.338 e. The molecule has 0 aliphatic carbocycles. The molecular weight excluding hydrogens is 392 g/mol. The SMILES string of the molecule is Cc1cn(C)c(Oc2ccccc2)c1C=NOCc1ccc(C(=O)OC(C)(C)C)cc1. The zero-order chi connectivity index (χ0) is 22.4.